The maximum absolute atomic E-state index is 12.9. The van der Waals surface area contributed by atoms with Crippen molar-refractivity contribution in [3.8, 4) is 11.5 Å². The molecule has 0 saturated carbocycles. The van der Waals surface area contributed by atoms with Crippen LogP contribution in [0, 0.1) is 5.92 Å². The number of likely N-dealkylation sites (tertiary alicyclic amines) is 1. The largest absolute Gasteiger partial charge is 0.457 e. The first kappa shape index (κ1) is 18.8. The smallest absolute Gasteiger partial charge is 0.254 e. The first-order chi connectivity index (χ1) is 13.2. The number of benzene rings is 1. The van der Waals surface area contributed by atoms with E-state index >= 15 is 0 Å². The van der Waals surface area contributed by atoms with Crippen LogP contribution in [0.4, 0.5) is 0 Å². The van der Waals surface area contributed by atoms with E-state index in [0.717, 1.165) is 12.8 Å². The molecular formula is C20H24N4O3. The second-order valence-corrected chi connectivity index (χ2v) is 6.48. The molecule has 3 rings (SSSR count). The number of nitrogens with zero attached hydrogens (tertiary/aromatic N) is 2. The minimum atomic E-state index is -0.189. The molecule has 1 aliphatic rings. The Bertz CT molecular complexity index is 782. The van der Waals surface area contributed by atoms with Gasteiger partial charge in [-0.25, -0.2) is 0 Å². The van der Waals surface area contributed by atoms with Crippen molar-refractivity contribution in [1.82, 2.24) is 15.2 Å². The summed E-state index contributed by atoms with van der Waals surface area (Å²) in [6.07, 6.45) is 4.88. The van der Waals surface area contributed by atoms with Crippen LogP contribution < -0.4 is 15.8 Å². The van der Waals surface area contributed by atoms with Gasteiger partial charge in [0.05, 0.1) is 5.92 Å². The van der Waals surface area contributed by atoms with Gasteiger partial charge < -0.3 is 20.7 Å². The van der Waals surface area contributed by atoms with Crippen LogP contribution in [0.5, 0.6) is 11.5 Å². The molecule has 1 aromatic heterocycles. The van der Waals surface area contributed by atoms with Crippen LogP contribution in [-0.2, 0) is 4.79 Å². The van der Waals surface area contributed by atoms with Crippen molar-refractivity contribution in [1.29, 1.82) is 0 Å². The maximum atomic E-state index is 12.9. The Morgan fingerprint density at radius 1 is 1.22 bits per heavy atom. The third kappa shape index (κ3) is 5.04. The molecule has 1 unspecified atom stereocenters. The van der Waals surface area contributed by atoms with Crippen LogP contribution in [0.2, 0.25) is 0 Å². The second-order valence-electron chi connectivity index (χ2n) is 6.48. The molecule has 7 heteroatoms. The van der Waals surface area contributed by atoms with E-state index in [2.05, 4.69) is 10.3 Å². The average molecular weight is 368 g/mol. The molecule has 2 heterocycles. The van der Waals surface area contributed by atoms with Gasteiger partial charge in [-0.1, -0.05) is 6.07 Å². The van der Waals surface area contributed by atoms with Gasteiger partial charge in [0.1, 0.15) is 11.5 Å². The van der Waals surface area contributed by atoms with Crippen molar-refractivity contribution in [3.05, 3.63) is 54.4 Å². The Morgan fingerprint density at radius 3 is 2.81 bits per heavy atom. The lowest BCUT2D eigenvalue weighted by Crippen LogP contribution is -2.46. The van der Waals surface area contributed by atoms with E-state index in [1.807, 2.05) is 0 Å². The van der Waals surface area contributed by atoms with Crippen LogP contribution in [-0.4, -0.2) is 47.9 Å². The van der Waals surface area contributed by atoms with E-state index in [-0.39, 0.29) is 17.7 Å². The highest BCUT2D eigenvalue weighted by atomic mass is 16.5. The van der Waals surface area contributed by atoms with Crippen molar-refractivity contribution in [2.45, 2.75) is 12.8 Å². The minimum absolute atomic E-state index is 0.0345. The molecule has 0 radical (unpaired) electrons. The van der Waals surface area contributed by atoms with Crippen LogP contribution >= 0.6 is 0 Å². The van der Waals surface area contributed by atoms with Gasteiger partial charge in [0.15, 0.2) is 0 Å². The number of aromatic nitrogens is 1. The van der Waals surface area contributed by atoms with E-state index in [0.29, 0.717) is 43.2 Å². The van der Waals surface area contributed by atoms with Gasteiger partial charge in [0, 0.05) is 44.1 Å². The normalized spacial score (nSPS) is 16.6. The standard InChI is InChI=1S/C20H24N4O3/c21-8-11-23-19(25)16-4-2-12-24(14-16)20(26)15-3-1-5-18(13-15)27-17-6-9-22-10-7-17/h1,3,5-7,9-10,13,16H,2,4,8,11-12,14,21H2,(H,23,25). The molecule has 1 fully saturated rings. The molecule has 27 heavy (non-hydrogen) atoms. The quantitative estimate of drug-likeness (QED) is 0.810. The minimum Gasteiger partial charge on any atom is -0.457 e. The van der Waals surface area contributed by atoms with E-state index in [1.165, 1.54) is 0 Å². The average Bonchev–Trinajstić information content (AvgIpc) is 2.72. The predicted octanol–water partition coefficient (Wildman–Crippen LogP) is 1.80. The summed E-state index contributed by atoms with van der Waals surface area (Å²) in [4.78, 5) is 30.8. The Labute approximate surface area is 158 Å². The van der Waals surface area contributed by atoms with E-state index in [4.69, 9.17) is 10.5 Å². The highest BCUT2D eigenvalue weighted by Gasteiger charge is 2.28. The zero-order valence-electron chi connectivity index (χ0n) is 15.1. The number of carbonyl (C=O) groups is 2. The van der Waals surface area contributed by atoms with Gasteiger partial charge in [0.25, 0.3) is 5.91 Å². The fourth-order valence-corrected chi connectivity index (χ4v) is 3.13. The fourth-order valence-electron chi connectivity index (χ4n) is 3.13. The summed E-state index contributed by atoms with van der Waals surface area (Å²) < 4.78 is 5.77. The second kappa shape index (κ2) is 9.14. The first-order valence-electron chi connectivity index (χ1n) is 9.12. The number of amides is 2. The third-order valence-corrected chi connectivity index (χ3v) is 4.49. The molecule has 0 bridgehead atoms. The van der Waals surface area contributed by atoms with Crippen LogP contribution in [0.1, 0.15) is 23.2 Å². The van der Waals surface area contributed by atoms with Gasteiger partial charge >= 0.3 is 0 Å². The van der Waals surface area contributed by atoms with Crippen molar-refractivity contribution < 1.29 is 14.3 Å². The Hall–Kier alpha value is -2.93. The highest BCUT2D eigenvalue weighted by Crippen LogP contribution is 2.24. The Balaban J connectivity index is 1.66. The molecule has 1 aromatic carbocycles. The molecule has 0 spiro atoms. The van der Waals surface area contributed by atoms with Crippen molar-refractivity contribution in [2.24, 2.45) is 11.7 Å². The Kier molecular flexibility index (Phi) is 6.38. The number of hydrogen-bond acceptors (Lipinski definition) is 5. The summed E-state index contributed by atoms with van der Waals surface area (Å²) in [7, 11) is 0. The zero-order chi connectivity index (χ0) is 19.1. The number of hydrogen-bond donors (Lipinski definition) is 2. The number of ether oxygens (including phenoxy) is 1. The SMILES string of the molecule is NCCNC(=O)C1CCCN(C(=O)c2cccc(Oc3ccncc3)c2)C1. The molecule has 142 valence electrons. The predicted molar refractivity (Wildman–Crippen MR) is 101 cm³/mol. The molecular weight excluding hydrogens is 344 g/mol. The number of piperidine rings is 1. The van der Waals surface area contributed by atoms with Crippen LogP contribution in [0.15, 0.2) is 48.8 Å². The highest BCUT2D eigenvalue weighted by molar-refractivity contribution is 5.95. The van der Waals surface area contributed by atoms with Gasteiger partial charge in [-0.15, -0.1) is 0 Å². The molecule has 1 atom stereocenters. The monoisotopic (exact) mass is 368 g/mol. The van der Waals surface area contributed by atoms with Crippen LogP contribution in [0.3, 0.4) is 0 Å². The molecule has 1 aliphatic heterocycles. The van der Waals surface area contributed by atoms with Crippen molar-refractivity contribution >= 4 is 11.8 Å². The molecule has 7 nitrogen and oxygen atoms in total. The summed E-state index contributed by atoms with van der Waals surface area (Å²) in [6, 6.07) is 10.6. The lowest BCUT2D eigenvalue weighted by Gasteiger charge is -2.32. The van der Waals surface area contributed by atoms with Gasteiger partial charge in [-0.3, -0.25) is 14.6 Å². The third-order valence-electron chi connectivity index (χ3n) is 4.49. The molecule has 2 aromatic rings. The zero-order valence-corrected chi connectivity index (χ0v) is 15.1. The summed E-state index contributed by atoms with van der Waals surface area (Å²) >= 11 is 0. The lowest BCUT2D eigenvalue weighted by atomic mass is 9.96. The van der Waals surface area contributed by atoms with Gasteiger partial charge in [-0.2, -0.15) is 0 Å². The van der Waals surface area contributed by atoms with E-state index < -0.39 is 0 Å². The van der Waals surface area contributed by atoms with Gasteiger partial charge in [-0.05, 0) is 43.2 Å². The number of pyridine rings is 1. The summed E-state index contributed by atoms with van der Waals surface area (Å²) in [5.41, 5.74) is 5.98. The Morgan fingerprint density at radius 2 is 2.04 bits per heavy atom. The number of nitrogens with one attached hydrogen (secondary N) is 1. The topological polar surface area (TPSA) is 97.6 Å². The van der Waals surface area contributed by atoms with E-state index in [1.54, 1.807) is 53.7 Å². The lowest BCUT2D eigenvalue weighted by molar-refractivity contribution is -0.126. The number of carbonyl (C=O) groups excluding carboxylic acids is 2. The number of nitrogens with two attached hydrogens (primary N) is 1. The number of rotatable bonds is 6. The first-order valence-corrected chi connectivity index (χ1v) is 9.12. The maximum Gasteiger partial charge on any atom is 0.254 e. The molecule has 1 saturated heterocycles. The summed E-state index contributed by atoms with van der Waals surface area (Å²) in [5, 5.41) is 2.81. The summed E-state index contributed by atoms with van der Waals surface area (Å²) in [6.45, 7) is 1.93. The molecule has 2 amide bonds. The fraction of sp³-hybridized carbons (Fsp3) is 0.350. The summed E-state index contributed by atoms with van der Waals surface area (Å²) in [5.74, 6) is 0.926. The van der Waals surface area contributed by atoms with E-state index in [9.17, 15) is 9.59 Å². The van der Waals surface area contributed by atoms with Crippen molar-refractivity contribution in [3.63, 3.8) is 0 Å². The van der Waals surface area contributed by atoms with Crippen LogP contribution in [0.25, 0.3) is 0 Å². The van der Waals surface area contributed by atoms with Gasteiger partial charge in [0.2, 0.25) is 5.91 Å². The molecule has 0 aliphatic carbocycles. The van der Waals surface area contributed by atoms with Crippen molar-refractivity contribution in [2.75, 3.05) is 26.2 Å². The molecule has 3 N–H and O–H groups in total.